The first-order valence-electron chi connectivity index (χ1n) is 5.64. The first-order chi connectivity index (χ1) is 7.77. The Balaban J connectivity index is 2.56. The molecule has 0 aromatic carbocycles. The Labute approximate surface area is 97.2 Å². The fourth-order valence-corrected chi connectivity index (χ4v) is 1.60. The molecule has 1 unspecified atom stereocenters. The normalized spacial score (nSPS) is 12.4. The van der Waals surface area contributed by atoms with Crippen LogP contribution in [0.2, 0.25) is 0 Å². The molecule has 90 valence electrons. The van der Waals surface area contributed by atoms with Crippen molar-refractivity contribution < 1.29 is 4.74 Å². The van der Waals surface area contributed by atoms with E-state index in [0.717, 1.165) is 18.5 Å². The molecule has 0 radical (unpaired) electrons. The molecule has 16 heavy (non-hydrogen) atoms. The van der Waals surface area contributed by atoms with Crippen LogP contribution in [-0.2, 0) is 4.74 Å². The molecule has 1 aromatic rings. The third-order valence-corrected chi connectivity index (χ3v) is 2.52. The summed E-state index contributed by atoms with van der Waals surface area (Å²) in [5.74, 6) is 0. The summed E-state index contributed by atoms with van der Waals surface area (Å²) in [5, 5.41) is 3.44. The van der Waals surface area contributed by atoms with E-state index < -0.39 is 0 Å². The molecule has 0 amide bonds. The van der Waals surface area contributed by atoms with Crippen molar-refractivity contribution in [1.82, 2.24) is 4.98 Å². The van der Waals surface area contributed by atoms with Crippen LogP contribution in [0.5, 0.6) is 0 Å². The molecule has 4 nitrogen and oxygen atoms in total. The fraction of sp³-hybridized carbons (Fsp3) is 0.583. The van der Waals surface area contributed by atoms with Crippen molar-refractivity contribution in [1.29, 1.82) is 0 Å². The van der Waals surface area contributed by atoms with Gasteiger partial charge in [-0.3, -0.25) is 4.98 Å². The molecule has 1 atom stereocenters. The summed E-state index contributed by atoms with van der Waals surface area (Å²) in [6.07, 6.45) is 5.66. The highest BCUT2D eigenvalue weighted by Crippen LogP contribution is 2.14. The Kier molecular flexibility index (Phi) is 5.82. The SMILES string of the molecule is COCC(CCCN)Nc1cnccc1C. The number of anilines is 1. The van der Waals surface area contributed by atoms with Crippen molar-refractivity contribution in [2.75, 3.05) is 25.6 Å². The molecule has 0 saturated heterocycles. The van der Waals surface area contributed by atoms with Crippen molar-refractivity contribution in [2.24, 2.45) is 5.73 Å². The summed E-state index contributed by atoms with van der Waals surface area (Å²) < 4.78 is 5.19. The molecule has 1 heterocycles. The molecule has 0 saturated carbocycles. The maximum atomic E-state index is 5.52. The van der Waals surface area contributed by atoms with Gasteiger partial charge in [0.25, 0.3) is 0 Å². The lowest BCUT2D eigenvalue weighted by Crippen LogP contribution is -2.26. The van der Waals surface area contributed by atoms with Gasteiger partial charge in [0.05, 0.1) is 18.5 Å². The molecular weight excluding hydrogens is 202 g/mol. The highest BCUT2D eigenvalue weighted by atomic mass is 16.5. The first kappa shape index (κ1) is 12.9. The lowest BCUT2D eigenvalue weighted by molar-refractivity contribution is 0.182. The van der Waals surface area contributed by atoms with Crippen LogP contribution in [0.15, 0.2) is 18.5 Å². The molecule has 0 spiro atoms. The summed E-state index contributed by atoms with van der Waals surface area (Å²) >= 11 is 0. The first-order valence-corrected chi connectivity index (χ1v) is 5.64. The molecule has 3 N–H and O–H groups in total. The van der Waals surface area contributed by atoms with E-state index >= 15 is 0 Å². The molecule has 0 aliphatic carbocycles. The van der Waals surface area contributed by atoms with Gasteiger partial charge in [-0.25, -0.2) is 0 Å². The molecular formula is C12H21N3O. The lowest BCUT2D eigenvalue weighted by Gasteiger charge is -2.19. The van der Waals surface area contributed by atoms with Gasteiger partial charge in [-0.2, -0.15) is 0 Å². The van der Waals surface area contributed by atoms with Gasteiger partial charge in [0, 0.05) is 19.3 Å². The Hall–Kier alpha value is -1.13. The average Bonchev–Trinajstić information content (AvgIpc) is 2.29. The van der Waals surface area contributed by atoms with Crippen LogP contribution >= 0.6 is 0 Å². The summed E-state index contributed by atoms with van der Waals surface area (Å²) in [7, 11) is 1.72. The van der Waals surface area contributed by atoms with Gasteiger partial charge < -0.3 is 15.8 Å². The zero-order valence-electron chi connectivity index (χ0n) is 10.1. The number of hydrogen-bond donors (Lipinski definition) is 2. The second-order valence-corrected chi connectivity index (χ2v) is 3.92. The van der Waals surface area contributed by atoms with Crippen LogP contribution in [0.4, 0.5) is 5.69 Å². The van der Waals surface area contributed by atoms with Gasteiger partial charge in [-0.1, -0.05) is 0 Å². The standard InChI is InChI=1S/C12H21N3O/c1-10-5-7-14-8-12(10)15-11(9-16-2)4-3-6-13/h5,7-8,11,15H,3-4,6,9,13H2,1-2H3. The van der Waals surface area contributed by atoms with Crippen LogP contribution < -0.4 is 11.1 Å². The Morgan fingerprint density at radius 2 is 2.38 bits per heavy atom. The molecule has 0 aliphatic heterocycles. The minimum atomic E-state index is 0.302. The maximum Gasteiger partial charge on any atom is 0.0664 e. The van der Waals surface area contributed by atoms with Crippen LogP contribution in [-0.4, -0.2) is 31.3 Å². The summed E-state index contributed by atoms with van der Waals surface area (Å²) in [5.41, 5.74) is 7.78. The van der Waals surface area contributed by atoms with Gasteiger partial charge >= 0.3 is 0 Å². The number of nitrogens with zero attached hydrogens (tertiary/aromatic N) is 1. The van der Waals surface area contributed by atoms with Gasteiger partial charge in [-0.05, 0) is 37.9 Å². The number of nitrogens with one attached hydrogen (secondary N) is 1. The number of hydrogen-bond acceptors (Lipinski definition) is 4. The maximum absolute atomic E-state index is 5.52. The second-order valence-electron chi connectivity index (χ2n) is 3.92. The molecule has 4 heteroatoms. The monoisotopic (exact) mass is 223 g/mol. The van der Waals surface area contributed by atoms with Crippen molar-refractivity contribution >= 4 is 5.69 Å². The summed E-state index contributed by atoms with van der Waals surface area (Å²) in [6, 6.07) is 2.30. The van der Waals surface area contributed by atoms with Gasteiger partial charge in [0.15, 0.2) is 0 Å². The van der Waals surface area contributed by atoms with E-state index in [2.05, 4.69) is 17.2 Å². The second kappa shape index (κ2) is 7.19. The lowest BCUT2D eigenvalue weighted by atomic mass is 10.1. The molecule has 1 aromatic heterocycles. The van der Waals surface area contributed by atoms with Gasteiger partial charge in [-0.15, -0.1) is 0 Å². The predicted octanol–water partition coefficient (Wildman–Crippen LogP) is 1.56. The van der Waals surface area contributed by atoms with E-state index in [1.807, 2.05) is 12.3 Å². The van der Waals surface area contributed by atoms with Crippen LogP contribution in [0.25, 0.3) is 0 Å². The zero-order valence-corrected chi connectivity index (χ0v) is 10.1. The van der Waals surface area contributed by atoms with Crippen molar-refractivity contribution in [3.8, 4) is 0 Å². The average molecular weight is 223 g/mol. The van der Waals surface area contributed by atoms with Crippen molar-refractivity contribution in [3.63, 3.8) is 0 Å². The number of methoxy groups -OCH3 is 1. The van der Waals surface area contributed by atoms with Gasteiger partial charge in [0.2, 0.25) is 0 Å². The largest absolute Gasteiger partial charge is 0.383 e. The molecule has 1 rings (SSSR count). The third-order valence-electron chi connectivity index (χ3n) is 2.52. The number of nitrogens with two attached hydrogens (primary N) is 1. The van der Waals surface area contributed by atoms with E-state index in [0.29, 0.717) is 19.2 Å². The summed E-state index contributed by atoms with van der Waals surface area (Å²) in [4.78, 5) is 4.11. The Bertz CT molecular complexity index is 304. The number of aromatic nitrogens is 1. The van der Waals surface area contributed by atoms with Crippen LogP contribution in [0.1, 0.15) is 18.4 Å². The van der Waals surface area contributed by atoms with Crippen LogP contribution in [0, 0.1) is 6.92 Å². The highest BCUT2D eigenvalue weighted by Gasteiger charge is 2.08. The van der Waals surface area contributed by atoms with E-state index in [1.165, 1.54) is 5.56 Å². The van der Waals surface area contributed by atoms with E-state index in [-0.39, 0.29) is 0 Å². The third kappa shape index (κ3) is 4.16. The Morgan fingerprint density at radius 3 is 3.00 bits per heavy atom. The molecule has 0 fully saturated rings. The topological polar surface area (TPSA) is 60.2 Å². The Morgan fingerprint density at radius 1 is 1.56 bits per heavy atom. The van der Waals surface area contributed by atoms with Crippen molar-refractivity contribution in [2.45, 2.75) is 25.8 Å². The smallest absolute Gasteiger partial charge is 0.0664 e. The van der Waals surface area contributed by atoms with Crippen LogP contribution in [0.3, 0.4) is 0 Å². The molecule has 0 bridgehead atoms. The number of aryl methyl sites for hydroxylation is 1. The number of rotatable bonds is 7. The zero-order chi connectivity index (χ0) is 11.8. The van der Waals surface area contributed by atoms with E-state index in [9.17, 15) is 0 Å². The summed E-state index contributed by atoms with van der Waals surface area (Å²) in [6.45, 7) is 3.47. The number of ether oxygens (including phenoxy) is 1. The predicted molar refractivity (Wildman–Crippen MR) is 66.5 cm³/mol. The molecule has 0 aliphatic rings. The van der Waals surface area contributed by atoms with E-state index in [1.54, 1.807) is 13.3 Å². The van der Waals surface area contributed by atoms with Gasteiger partial charge in [0.1, 0.15) is 0 Å². The quantitative estimate of drug-likeness (QED) is 0.736. The minimum Gasteiger partial charge on any atom is -0.383 e. The minimum absolute atomic E-state index is 0.302. The number of pyridine rings is 1. The van der Waals surface area contributed by atoms with E-state index in [4.69, 9.17) is 10.5 Å². The highest BCUT2D eigenvalue weighted by molar-refractivity contribution is 5.48. The van der Waals surface area contributed by atoms with Crippen molar-refractivity contribution in [3.05, 3.63) is 24.0 Å². The fourth-order valence-electron chi connectivity index (χ4n) is 1.60.